The Morgan fingerprint density at radius 2 is 2.05 bits per heavy atom. The molecule has 0 saturated heterocycles. The van der Waals surface area contributed by atoms with Gasteiger partial charge in [-0.05, 0) is 44.1 Å². The Labute approximate surface area is 129 Å². The quantitative estimate of drug-likeness (QED) is 0.798. The zero-order valence-electron chi connectivity index (χ0n) is 14.2. The number of nitrogens with one attached hydrogen (secondary N) is 1. The van der Waals surface area contributed by atoms with E-state index in [0.717, 1.165) is 31.1 Å². The van der Waals surface area contributed by atoms with Gasteiger partial charge in [0.25, 0.3) is 0 Å². The van der Waals surface area contributed by atoms with E-state index in [9.17, 15) is 0 Å². The Balaban J connectivity index is 2.15. The van der Waals surface area contributed by atoms with Crippen LogP contribution in [0.15, 0.2) is 6.33 Å². The number of aryl methyl sites for hydroxylation is 1. The van der Waals surface area contributed by atoms with Crippen LogP contribution in [0.4, 0.5) is 0 Å². The van der Waals surface area contributed by atoms with E-state index in [4.69, 9.17) is 0 Å². The molecule has 120 valence electrons. The first kappa shape index (κ1) is 16.5. The summed E-state index contributed by atoms with van der Waals surface area (Å²) in [6.07, 6.45) is 10.6. The lowest BCUT2D eigenvalue weighted by Gasteiger charge is -2.39. The molecule has 0 bridgehead atoms. The lowest BCUT2D eigenvalue weighted by molar-refractivity contribution is 0.157. The standard InChI is InChI=1S/C17H32N4/c1-5-10-21-16(19-13-20-21)11-15(18-4)17(12-14(2)3)8-6-7-9-17/h13-15,18H,5-12H2,1-4H3. The second-order valence-electron chi connectivity index (χ2n) is 7.11. The lowest BCUT2D eigenvalue weighted by Crippen LogP contribution is -2.45. The molecule has 1 saturated carbocycles. The molecule has 1 aromatic heterocycles. The number of hydrogen-bond acceptors (Lipinski definition) is 3. The van der Waals surface area contributed by atoms with E-state index in [0.29, 0.717) is 11.5 Å². The smallest absolute Gasteiger partial charge is 0.138 e. The van der Waals surface area contributed by atoms with Crippen LogP contribution >= 0.6 is 0 Å². The average molecular weight is 292 g/mol. The molecule has 1 unspecified atom stereocenters. The first-order valence-electron chi connectivity index (χ1n) is 8.65. The molecule has 1 N–H and O–H groups in total. The van der Waals surface area contributed by atoms with Crippen molar-refractivity contribution >= 4 is 0 Å². The van der Waals surface area contributed by atoms with Crippen molar-refractivity contribution in [2.75, 3.05) is 7.05 Å². The summed E-state index contributed by atoms with van der Waals surface area (Å²) in [5.74, 6) is 1.90. The third kappa shape index (κ3) is 3.85. The van der Waals surface area contributed by atoms with Gasteiger partial charge in [0, 0.05) is 19.0 Å². The highest BCUT2D eigenvalue weighted by molar-refractivity contribution is 5.00. The monoisotopic (exact) mass is 292 g/mol. The third-order valence-electron chi connectivity index (χ3n) is 5.02. The fourth-order valence-corrected chi connectivity index (χ4v) is 4.24. The van der Waals surface area contributed by atoms with Crippen LogP contribution in [-0.2, 0) is 13.0 Å². The zero-order chi connectivity index (χ0) is 15.3. The van der Waals surface area contributed by atoms with Gasteiger partial charge < -0.3 is 5.32 Å². The van der Waals surface area contributed by atoms with E-state index in [-0.39, 0.29) is 0 Å². The third-order valence-corrected chi connectivity index (χ3v) is 5.02. The van der Waals surface area contributed by atoms with Crippen molar-refractivity contribution in [2.24, 2.45) is 11.3 Å². The molecule has 4 heteroatoms. The van der Waals surface area contributed by atoms with Crippen LogP contribution < -0.4 is 5.32 Å². The molecule has 1 aliphatic rings. The summed E-state index contributed by atoms with van der Waals surface area (Å²) in [7, 11) is 2.12. The van der Waals surface area contributed by atoms with E-state index >= 15 is 0 Å². The minimum absolute atomic E-state index is 0.450. The molecular formula is C17H32N4. The van der Waals surface area contributed by atoms with Crippen LogP contribution in [-0.4, -0.2) is 27.9 Å². The zero-order valence-corrected chi connectivity index (χ0v) is 14.2. The predicted octanol–water partition coefficient (Wildman–Crippen LogP) is 3.43. The van der Waals surface area contributed by atoms with Gasteiger partial charge in [-0.25, -0.2) is 4.98 Å². The predicted molar refractivity (Wildman–Crippen MR) is 87.2 cm³/mol. The summed E-state index contributed by atoms with van der Waals surface area (Å²) in [5.41, 5.74) is 0.450. The summed E-state index contributed by atoms with van der Waals surface area (Å²) >= 11 is 0. The molecule has 0 amide bonds. The summed E-state index contributed by atoms with van der Waals surface area (Å²) in [4.78, 5) is 4.52. The molecular weight excluding hydrogens is 260 g/mol. The summed E-state index contributed by atoms with van der Waals surface area (Å²) in [5, 5.41) is 8.00. The second kappa shape index (κ2) is 7.39. The van der Waals surface area contributed by atoms with E-state index in [2.05, 4.69) is 47.9 Å². The highest BCUT2D eigenvalue weighted by atomic mass is 15.3. The lowest BCUT2D eigenvalue weighted by atomic mass is 9.71. The van der Waals surface area contributed by atoms with E-state index in [1.165, 1.54) is 32.1 Å². The van der Waals surface area contributed by atoms with Crippen molar-refractivity contribution in [2.45, 2.75) is 78.3 Å². The summed E-state index contributed by atoms with van der Waals surface area (Å²) in [6, 6.07) is 0.516. The number of hydrogen-bond donors (Lipinski definition) is 1. The van der Waals surface area contributed by atoms with Gasteiger partial charge in [-0.3, -0.25) is 4.68 Å². The van der Waals surface area contributed by atoms with Crippen molar-refractivity contribution < 1.29 is 0 Å². The number of nitrogens with zero attached hydrogens (tertiary/aromatic N) is 3. The first-order valence-corrected chi connectivity index (χ1v) is 8.65. The molecule has 1 aliphatic carbocycles. The van der Waals surface area contributed by atoms with Crippen molar-refractivity contribution in [1.82, 2.24) is 20.1 Å². The minimum atomic E-state index is 0.450. The molecule has 1 aromatic rings. The normalized spacial score (nSPS) is 19.3. The Bertz CT molecular complexity index is 418. The van der Waals surface area contributed by atoms with Crippen LogP contribution in [0.25, 0.3) is 0 Å². The summed E-state index contributed by atoms with van der Waals surface area (Å²) < 4.78 is 2.09. The van der Waals surface area contributed by atoms with Crippen LogP contribution in [0.3, 0.4) is 0 Å². The molecule has 1 fully saturated rings. The molecule has 1 atom stereocenters. The van der Waals surface area contributed by atoms with Gasteiger partial charge in [0.1, 0.15) is 12.2 Å². The van der Waals surface area contributed by atoms with Gasteiger partial charge in [0.15, 0.2) is 0 Å². The Kier molecular flexibility index (Phi) is 5.80. The van der Waals surface area contributed by atoms with Gasteiger partial charge >= 0.3 is 0 Å². The molecule has 4 nitrogen and oxygen atoms in total. The molecule has 0 spiro atoms. The maximum atomic E-state index is 4.52. The van der Waals surface area contributed by atoms with Crippen LogP contribution in [0, 0.1) is 11.3 Å². The minimum Gasteiger partial charge on any atom is -0.316 e. The SMILES string of the molecule is CCCn1ncnc1CC(NC)C1(CC(C)C)CCCC1. The van der Waals surface area contributed by atoms with E-state index < -0.39 is 0 Å². The molecule has 21 heavy (non-hydrogen) atoms. The van der Waals surface area contributed by atoms with Gasteiger partial charge in [0.05, 0.1) is 0 Å². The van der Waals surface area contributed by atoms with Crippen molar-refractivity contribution in [1.29, 1.82) is 0 Å². The largest absolute Gasteiger partial charge is 0.316 e. The highest BCUT2D eigenvalue weighted by Crippen LogP contribution is 2.46. The Morgan fingerprint density at radius 3 is 2.62 bits per heavy atom. The summed E-state index contributed by atoms with van der Waals surface area (Å²) in [6.45, 7) is 7.87. The fraction of sp³-hybridized carbons (Fsp3) is 0.882. The second-order valence-corrected chi connectivity index (χ2v) is 7.11. The van der Waals surface area contributed by atoms with Gasteiger partial charge in [0.2, 0.25) is 0 Å². The van der Waals surface area contributed by atoms with Crippen molar-refractivity contribution in [3.8, 4) is 0 Å². The molecule has 2 rings (SSSR count). The Morgan fingerprint density at radius 1 is 1.33 bits per heavy atom. The molecule has 1 heterocycles. The first-order chi connectivity index (χ1) is 10.1. The molecule has 0 aromatic carbocycles. The van der Waals surface area contributed by atoms with Gasteiger partial charge in [-0.15, -0.1) is 0 Å². The fourth-order valence-electron chi connectivity index (χ4n) is 4.24. The number of likely N-dealkylation sites (N-methyl/N-ethyl adjacent to an activating group) is 1. The van der Waals surface area contributed by atoms with Crippen molar-refractivity contribution in [3.05, 3.63) is 12.2 Å². The Hall–Kier alpha value is -0.900. The molecule has 0 aliphatic heterocycles. The number of aromatic nitrogens is 3. The van der Waals surface area contributed by atoms with Crippen LogP contribution in [0.2, 0.25) is 0 Å². The van der Waals surface area contributed by atoms with Crippen LogP contribution in [0.1, 0.15) is 65.1 Å². The molecule has 0 radical (unpaired) electrons. The topological polar surface area (TPSA) is 42.7 Å². The van der Waals surface area contributed by atoms with Gasteiger partial charge in [-0.1, -0.05) is 33.6 Å². The van der Waals surface area contributed by atoms with Crippen molar-refractivity contribution in [3.63, 3.8) is 0 Å². The van der Waals surface area contributed by atoms with Crippen LogP contribution in [0.5, 0.6) is 0 Å². The van der Waals surface area contributed by atoms with E-state index in [1.54, 1.807) is 6.33 Å². The maximum absolute atomic E-state index is 4.52. The highest BCUT2D eigenvalue weighted by Gasteiger charge is 2.41. The van der Waals surface area contributed by atoms with Gasteiger partial charge in [-0.2, -0.15) is 5.10 Å². The maximum Gasteiger partial charge on any atom is 0.138 e. The number of rotatable bonds is 8. The van der Waals surface area contributed by atoms with E-state index in [1.807, 2.05) is 0 Å². The average Bonchev–Trinajstić information content (AvgIpc) is 3.06.